The second-order valence-corrected chi connectivity index (χ2v) is 19.2. The Morgan fingerprint density at radius 3 is 1.13 bits per heavy atom. The summed E-state index contributed by atoms with van der Waals surface area (Å²) in [4.78, 5) is 86.9. The van der Waals surface area contributed by atoms with Crippen molar-refractivity contribution in [3.05, 3.63) is 179 Å². The Hall–Kier alpha value is -7.15. The fourth-order valence-electron chi connectivity index (χ4n) is 10.4. The summed E-state index contributed by atoms with van der Waals surface area (Å²) in [5, 5.41) is 12.4. The van der Waals surface area contributed by atoms with Crippen LogP contribution in [0.25, 0.3) is 0 Å². The molecular formula is C55H55FN6O6. The van der Waals surface area contributed by atoms with E-state index in [4.69, 9.17) is 0 Å². The number of hydrogen-bond donors (Lipinski definition) is 4. The highest BCUT2D eigenvalue weighted by Crippen LogP contribution is 2.43. The number of halogens is 1. The molecule has 348 valence electrons. The maximum atomic E-state index is 14.2. The van der Waals surface area contributed by atoms with Crippen molar-refractivity contribution in [2.45, 2.75) is 61.6 Å². The molecule has 2 heterocycles. The Balaban J connectivity index is 0.798. The van der Waals surface area contributed by atoms with E-state index in [1.807, 2.05) is 66.7 Å². The van der Waals surface area contributed by atoms with Crippen molar-refractivity contribution in [2.24, 2.45) is 23.7 Å². The van der Waals surface area contributed by atoms with E-state index in [2.05, 4.69) is 45.5 Å². The monoisotopic (exact) mass is 914 g/mol. The maximum absolute atomic E-state index is 14.2. The van der Waals surface area contributed by atoms with E-state index in [0.717, 1.165) is 41.5 Å². The van der Waals surface area contributed by atoms with Gasteiger partial charge in [-0.3, -0.25) is 28.8 Å². The van der Waals surface area contributed by atoms with E-state index in [1.54, 1.807) is 41.3 Å². The predicted molar refractivity (Wildman–Crippen MR) is 253 cm³/mol. The molecule has 0 unspecified atom stereocenters. The first-order chi connectivity index (χ1) is 33.1. The van der Waals surface area contributed by atoms with Crippen LogP contribution in [0.15, 0.2) is 140 Å². The fourth-order valence-corrected chi connectivity index (χ4v) is 10.4. The lowest BCUT2D eigenvalue weighted by molar-refractivity contribution is -0.133. The summed E-state index contributed by atoms with van der Waals surface area (Å²) in [7, 11) is 0. The number of amides is 6. The summed E-state index contributed by atoms with van der Waals surface area (Å²) in [5.74, 6) is -4.70. The zero-order valence-corrected chi connectivity index (χ0v) is 37.6. The summed E-state index contributed by atoms with van der Waals surface area (Å²) >= 11 is 0. The Labute approximate surface area is 395 Å². The molecular weight excluding hydrogens is 860 g/mol. The number of likely N-dealkylation sites (tertiary alicyclic amines) is 2. The average Bonchev–Trinajstić information content (AvgIpc) is 4.34. The van der Waals surface area contributed by atoms with Crippen molar-refractivity contribution >= 4 is 35.4 Å². The van der Waals surface area contributed by atoms with Crippen LogP contribution in [0.5, 0.6) is 0 Å². The fraction of sp³-hybridized carbons (Fsp3) is 0.345. The van der Waals surface area contributed by atoms with Gasteiger partial charge in [0.05, 0.1) is 23.7 Å². The van der Waals surface area contributed by atoms with Crippen molar-refractivity contribution in [2.75, 3.05) is 32.7 Å². The highest BCUT2D eigenvalue weighted by Gasteiger charge is 2.50. The van der Waals surface area contributed by atoms with Crippen molar-refractivity contribution in [1.82, 2.24) is 31.1 Å². The Bertz CT molecular complexity index is 2590. The van der Waals surface area contributed by atoms with Gasteiger partial charge in [0.1, 0.15) is 5.82 Å². The first-order valence-electron chi connectivity index (χ1n) is 23.8. The van der Waals surface area contributed by atoms with E-state index in [0.29, 0.717) is 12.0 Å². The molecule has 5 aromatic carbocycles. The first kappa shape index (κ1) is 44.7. The minimum absolute atomic E-state index is 0.0212. The van der Waals surface area contributed by atoms with Crippen LogP contribution in [0, 0.1) is 29.5 Å². The van der Waals surface area contributed by atoms with Gasteiger partial charge in [-0.15, -0.1) is 0 Å². The number of rotatable bonds is 15. The molecule has 0 aromatic heterocycles. The SMILES string of the molecule is O=C(NCCc1ccc(F)cc1)[C@@H]1CN(C(=O)c2ccc(C(=O)N3C[C@@H](C(=O)N[C@H]4C[C@@H]4c4ccccc4)[C@H](C(=O)N[C@H]4C[C@@H]4c4ccccc4)C3)cc2)C[C@H]1C(=O)N[C@H]1C[C@@H]1c1ccccc1. The molecule has 3 saturated carbocycles. The second kappa shape index (κ2) is 19.2. The van der Waals surface area contributed by atoms with Gasteiger partial charge in [0.2, 0.25) is 23.6 Å². The van der Waals surface area contributed by atoms with Gasteiger partial charge in [-0.1, -0.05) is 103 Å². The molecule has 12 nitrogen and oxygen atoms in total. The van der Waals surface area contributed by atoms with Gasteiger partial charge in [-0.2, -0.15) is 0 Å². The largest absolute Gasteiger partial charge is 0.355 e. The molecule has 13 heteroatoms. The van der Waals surface area contributed by atoms with Gasteiger partial charge in [0, 0.05) is 79.7 Å². The number of benzene rings is 5. The van der Waals surface area contributed by atoms with E-state index < -0.39 is 23.7 Å². The van der Waals surface area contributed by atoms with Crippen molar-refractivity contribution < 1.29 is 33.2 Å². The topological polar surface area (TPSA) is 157 Å². The average molecular weight is 915 g/mol. The Morgan fingerprint density at radius 1 is 0.441 bits per heavy atom. The molecule has 0 spiro atoms. The number of nitrogens with zero attached hydrogens (tertiary/aromatic N) is 2. The summed E-state index contributed by atoms with van der Waals surface area (Å²) in [5.41, 5.74) is 4.88. The minimum atomic E-state index is -0.805. The molecule has 10 rings (SSSR count). The third-order valence-electron chi connectivity index (χ3n) is 14.6. The summed E-state index contributed by atoms with van der Waals surface area (Å²) in [6, 6.07) is 42.2. The Kier molecular flexibility index (Phi) is 12.6. The molecule has 10 atom stereocenters. The zero-order valence-electron chi connectivity index (χ0n) is 37.6. The van der Waals surface area contributed by atoms with E-state index in [1.165, 1.54) is 17.0 Å². The minimum Gasteiger partial charge on any atom is -0.355 e. The number of hydrogen-bond acceptors (Lipinski definition) is 6. The smallest absolute Gasteiger partial charge is 0.253 e. The highest BCUT2D eigenvalue weighted by atomic mass is 19.1. The van der Waals surface area contributed by atoms with E-state index in [-0.39, 0.29) is 115 Å². The van der Waals surface area contributed by atoms with Gasteiger partial charge in [-0.25, -0.2) is 4.39 Å². The van der Waals surface area contributed by atoms with Crippen LogP contribution >= 0.6 is 0 Å². The third-order valence-corrected chi connectivity index (χ3v) is 14.6. The number of carbonyl (C=O) groups is 6. The normalized spacial score (nSPS) is 26.6. The molecule has 2 aliphatic heterocycles. The van der Waals surface area contributed by atoms with Crippen LogP contribution in [-0.4, -0.2) is 96.1 Å². The molecule has 5 aromatic rings. The summed E-state index contributed by atoms with van der Waals surface area (Å²) in [6.07, 6.45) is 2.87. The van der Waals surface area contributed by atoms with Gasteiger partial charge >= 0.3 is 0 Å². The van der Waals surface area contributed by atoms with Crippen LogP contribution in [0.1, 0.15) is 80.0 Å². The lowest BCUT2D eigenvalue weighted by Crippen LogP contribution is -2.43. The number of nitrogens with one attached hydrogen (secondary N) is 4. The lowest BCUT2D eigenvalue weighted by Gasteiger charge is -2.18. The van der Waals surface area contributed by atoms with Gasteiger partial charge in [0.15, 0.2) is 0 Å². The van der Waals surface area contributed by atoms with Gasteiger partial charge in [-0.05, 0) is 84.3 Å². The summed E-state index contributed by atoms with van der Waals surface area (Å²) < 4.78 is 13.5. The van der Waals surface area contributed by atoms with Crippen molar-refractivity contribution in [3.63, 3.8) is 0 Å². The molecule has 5 fully saturated rings. The van der Waals surface area contributed by atoms with Crippen LogP contribution in [0.4, 0.5) is 4.39 Å². The van der Waals surface area contributed by atoms with Crippen molar-refractivity contribution in [3.8, 4) is 0 Å². The van der Waals surface area contributed by atoms with Gasteiger partial charge in [0.25, 0.3) is 11.8 Å². The standard InChI is InChI=1S/C55H55FN6O6/c56-39-22-16-33(17-23-39)24-25-57-50(63)43-29-61(30-44(43)51(64)58-47-26-40(47)34-10-4-1-5-11-34)54(67)37-18-20-38(21-19-37)55(68)62-31-45(52(65)59-48-27-41(48)35-12-6-2-7-13-35)46(32-62)53(66)60-49-28-42(49)36-14-8-3-9-15-36/h1-23,40-49H,24-32H2,(H,57,63)(H,58,64)(H,59,65)(H,60,66)/t40-,41-,42-,43-,44-,45-,46-,47+,48+,49+/m1/s1. The molecule has 5 aliphatic rings. The van der Waals surface area contributed by atoms with E-state index in [9.17, 15) is 33.2 Å². The number of carbonyl (C=O) groups excluding carboxylic acids is 6. The molecule has 4 N–H and O–H groups in total. The molecule has 3 aliphatic carbocycles. The van der Waals surface area contributed by atoms with E-state index >= 15 is 0 Å². The maximum Gasteiger partial charge on any atom is 0.253 e. The first-order valence-corrected chi connectivity index (χ1v) is 23.8. The molecule has 68 heavy (non-hydrogen) atoms. The lowest BCUT2D eigenvalue weighted by atomic mass is 9.94. The molecule has 0 bridgehead atoms. The highest BCUT2D eigenvalue weighted by molar-refractivity contribution is 6.00. The molecule has 6 amide bonds. The van der Waals surface area contributed by atoms with Crippen LogP contribution < -0.4 is 21.3 Å². The van der Waals surface area contributed by atoms with Gasteiger partial charge < -0.3 is 31.1 Å². The predicted octanol–water partition coefficient (Wildman–Crippen LogP) is 5.58. The summed E-state index contributed by atoms with van der Waals surface area (Å²) in [6.45, 7) is 0.459. The molecule has 0 radical (unpaired) electrons. The van der Waals surface area contributed by atoms with Crippen molar-refractivity contribution in [1.29, 1.82) is 0 Å². The molecule has 2 saturated heterocycles. The third kappa shape index (κ3) is 9.93. The zero-order chi connectivity index (χ0) is 46.9. The van der Waals surface area contributed by atoms with Crippen LogP contribution in [-0.2, 0) is 25.6 Å². The van der Waals surface area contributed by atoms with Crippen LogP contribution in [0.2, 0.25) is 0 Å². The second-order valence-electron chi connectivity index (χ2n) is 19.2. The quantitative estimate of drug-likeness (QED) is 0.108. The van der Waals surface area contributed by atoms with Crippen LogP contribution in [0.3, 0.4) is 0 Å². The Morgan fingerprint density at radius 2 is 0.779 bits per heavy atom.